The van der Waals surface area contributed by atoms with E-state index in [1.165, 1.54) is 30.2 Å². The third-order valence-corrected chi connectivity index (χ3v) is 10.3. The second kappa shape index (κ2) is 9.04. The maximum atomic E-state index is 14.3. The molecular weight excluding hydrogens is 562 g/mol. The maximum Gasteiger partial charge on any atom is 0.258 e. The van der Waals surface area contributed by atoms with Gasteiger partial charge in [-0.2, -0.15) is 0 Å². The molecule has 6 atom stereocenters. The van der Waals surface area contributed by atoms with Crippen LogP contribution in [0.5, 0.6) is 11.5 Å². The molecule has 6 rings (SSSR count). The largest absolute Gasteiger partial charge is 0.508 e. The molecule has 6 unspecified atom stereocenters. The number of carbonyl (C=O) groups is 4. The van der Waals surface area contributed by atoms with E-state index < -0.39 is 51.1 Å². The summed E-state index contributed by atoms with van der Waals surface area (Å²) < 4.78 is 19.3. The van der Waals surface area contributed by atoms with E-state index in [4.69, 9.17) is 27.9 Å². The minimum absolute atomic E-state index is 0.0768. The van der Waals surface area contributed by atoms with E-state index in [1.807, 2.05) is 0 Å². The summed E-state index contributed by atoms with van der Waals surface area (Å²) in [6, 6.07) is 9.33. The number of benzene rings is 2. The lowest BCUT2D eigenvalue weighted by molar-refractivity contribution is -0.140. The topological polar surface area (TPSA) is 104 Å². The Hall–Kier alpha value is -3.43. The molecule has 3 fully saturated rings. The van der Waals surface area contributed by atoms with Gasteiger partial charge in [0, 0.05) is 18.0 Å². The Bertz CT molecular complexity index is 1510. The van der Waals surface area contributed by atoms with Crippen LogP contribution in [0.2, 0.25) is 0 Å². The van der Waals surface area contributed by atoms with Gasteiger partial charge in [-0.25, -0.2) is 9.29 Å². The smallest absolute Gasteiger partial charge is 0.258 e. The lowest BCUT2D eigenvalue weighted by Gasteiger charge is -2.50. The van der Waals surface area contributed by atoms with Gasteiger partial charge < -0.3 is 9.84 Å². The molecule has 2 aliphatic heterocycles. The third-order valence-electron chi connectivity index (χ3n) is 8.86. The lowest BCUT2D eigenvalue weighted by atomic mass is 9.56. The zero-order chi connectivity index (χ0) is 28.7. The normalized spacial score (nSPS) is 33.1. The Morgan fingerprint density at radius 3 is 2.38 bits per heavy atom. The highest BCUT2D eigenvalue weighted by Gasteiger charge is 2.77. The van der Waals surface area contributed by atoms with E-state index in [9.17, 15) is 28.7 Å². The van der Waals surface area contributed by atoms with Crippen molar-refractivity contribution < 1.29 is 33.4 Å². The number of imide groups is 2. The van der Waals surface area contributed by atoms with Gasteiger partial charge in [0.2, 0.25) is 11.8 Å². The number of ether oxygens (including phenoxy) is 1. The number of carbonyl (C=O) groups excluding carboxylic acids is 4. The number of phenols is 1. The van der Waals surface area contributed by atoms with E-state index in [0.29, 0.717) is 5.57 Å². The molecule has 4 amide bonds. The van der Waals surface area contributed by atoms with Gasteiger partial charge in [-0.3, -0.25) is 24.1 Å². The summed E-state index contributed by atoms with van der Waals surface area (Å²) in [5.41, 5.74) is 0.757. The standard InChI is InChI=1S/C29H25Cl2FN2O6/c1-3-33-24(36)17-12-11-16-18(21(17)25(33)37)13-28(30)26(38)34(15-9-7-14(32)8-10-15)27(39)29(28,31)23(16)22-19(35)5-4-6-20(22)40-2/h4-11,17-18,21,23,35H,3,12-13H2,1-2H3. The highest BCUT2D eigenvalue weighted by Crippen LogP contribution is 2.67. The minimum atomic E-state index is -2.16. The molecule has 2 aromatic rings. The molecule has 0 radical (unpaired) electrons. The lowest BCUT2D eigenvalue weighted by Crippen LogP contribution is -2.60. The van der Waals surface area contributed by atoms with Gasteiger partial charge in [0.25, 0.3) is 11.8 Å². The summed E-state index contributed by atoms with van der Waals surface area (Å²) in [6.07, 6.45) is 1.80. The van der Waals surface area contributed by atoms with Crippen molar-refractivity contribution in [2.45, 2.75) is 35.4 Å². The monoisotopic (exact) mass is 586 g/mol. The zero-order valence-corrected chi connectivity index (χ0v) is 23.1. The first-order valence-corrected chi connectivity index (χ1v) is 13.7. The molecule has 8 nitrogen and oxygen atoms in total. The number of phenolic OH excluding ortho intramolecular Hbond substituents is 1. The highest BCUT2D eigenvalue weighted by molar-refractivity contribution is 6.58. The number of alkyl halides is 2. The average Bonchev–Trinajstić information content (AvgIpc) is 3.27. The summed E-state index contributed by atoms with van der Waals surface area (Å²) in [5, 5.41) is 11.1. The van der Waals surface area contributed by atoms with E-state index in [-0.39, 0.29) is 54.0 Å². The molecule has 4 aliphatic rings. The van der Waals surface area contributed by atoms with E-state index in [0.717, 1.165) is 17.0 Å². The molecule has 2 aromatic carbocycles. The van der Waals surface area contributed by atoms with Crippen molar-refractivity contribution in [3.63, 3.8) is 0 Å². The van der Waals surface area contributed by atoms with Crippen LogP contribution in [-0.2, 0) is 19.2 Å². The van der Waals surface area contributed by atoms with Crippen LogP contribution in [0, 0.1) is 23.6 Å². The average molecular weight is 587 g/mol. The van der Waals surface area contributed by atoms with Crippen molar-refractivity contribution in [3.05, 3.63) is 65.5 Å². The van der Waals surface area contributed by atoms with Crippen LogP contribution in [0.3, 0.4) is 0 Å². The SMILES string of the molecule is CCN1C(=O)C2CC=C3C(CC4(Cl)C(=O)N(c5ccc(F)cc5)C(=O)C4(Cl)C3c3c(O)cccc3OC)C2C1=O. The first-order valence-electron chi connectivity index (χ1n) is 12.9. The van der Waals surface area contributed by atoms with Crippen LogP contribution in [-0.4, -0.2) is 57.0 Å². The summed E-state index contributed by atoms with van der Waals surface area (Å²) in [6.45, 7) is 1.91. The number of aromatic hydroxyl groups is 1. The van der Waals surface area contributed by atoms with Crippen molar-refractivity contribution in [2.24, 2.45) is 17.8 Å². The number of nitrogens with zero attached hydrogens (tertiary/aromatic N) is 2. The Labute approximate surface area is 239 Å². The molecule has 1 saturated carbocycles. The molecule has 0 bridgehead atoms. The Morgan fingerprint density at radius 1 is 1.02 bits per heavy atom. The number of anilines is 1. The summed E-state index contributed by atoms with van der Waals surface area (Å²) in [5.74, 6) is -6.31. The number of likely N-dealkylation sites (tertiary alicyclic amines) is 1. The minimum Gasteiger partial charge on any atom is -0.508 e. The molecule has 2 aliphatic carbocycles. The van der Waals surface area contributed by atoms with Gasteiger partial charge in [0.05, 0.1) is 24.6 Å². The van der Waals surface area contributed by atoms with Gasteiger partial charge in [-0.05, 0) is 62.1 Å². The number of allylic oxidation sites excluding steroid dienone is 2. The number of methoxy groups -OCH3 is 1. The molecule has 2 heterocycles. The van der Waals surface area contributed by atoms with Crippen LogP contribution in [0.4, 0.5) is 10.1 Å². The van der Waals surface area contributed by atoms with Crippen LogP contribution < -0.4 is 9.64 Å². The highest BCUT2D eigenvalue weighted by atomic mass is 35.5. The van der Waals surface area contributed by atoms with Gasteiger partial charge in [-0.15, -0.1) is 23.2 Å². The van der Waals surface area contributed by atoms with Crippen molar-refractivity contribution in [1.29, 1.82) is 0 Å². The maximum absolute atomic E-state index is 14.3. The van der Waals surface area contributed by atoms with Crippen LogP contribution in [0.1, 0.15) is 31.2 Å². The quantitative estimate of drug-likeness (QED) is 0.328. The van der Waals surface area contributed by atoms with Crippen molar-refractivity contribution >= 4 is 52.5 Å². The number of fused-ring (bicyclic) bond motifs is 4. The first kappa shape index (κ1) is 26.8. The zero-order valence-electron chi connectivity index (χ0n) is 21.6. The van der Waals surface area contributed by atoms with Crippen molar-refractivity contribution in [1.82, 2.24) is 4.90 Å². The fourth-order valence-corrected chi connectivity index (χ4v) is 8.01. The number of hydrogen-bond acceptors (Lipinski definition) is 6. The number of hydrogen-bond donors (Lipinski definition) is 1. The Kier molecular flexibility index (Phi) is 6.05. The number of halogens is 3. The number of amides is 4. The molecule has 11 heteroatoms. The molecule has 40 heavy (non-hydrogen) atoms. The van der Waals surface area contributed by atoms with Crippen LogP contribution in [0.15, 0.2) is 54.1 Å². The molecular formula is C29H25Cl2FN2O6. The molecule has 208 valence electrons. The van der Waals surface area contributed by atoms with Gasteiger partial charge >= 0.3 is 0 Å². The van der Waals surface area contributed by atoms with Gasteiger partial charge in [-0.1, -0.05) is 17.7 Å². The van der Waals surface area contributed by atoms with Gasteiger partial charge in [0.1, 0.15) is 17.3 Å². The molecule has 1 N–H and O–H groups in total. The van der Waals surface area contributed by atoms with Crippen LogP contribution >= 0.6 is 23.2 Å². The molecule has 0 spiro atoms. The fourth-order valence-electron chi connectivity index (χ4n) is 7.09. The molecule has 2 saturated heterocycles. The molecule has 0 aromatic heterocycles. The second-order valence-corrected chi connectivity index (χ2v) is 11.8. The first-order chi connectivity index (χ1) is 19.0. The van der Waals surface area contributed by atoms with Crippen LogP contribution in [0.25, 0.3) is 0 Å². The van der Waals surface area contributed by atoms with Crippen molar-refractivity contribution in [2.75, 3.05) is 18.6 Å². The van der Waals surface area contributed by atoms with E-state index >= 15 is 0 Å². The predicted octanol–water partition coefficient (Wildman–Crippen LogP) is 4.12. The summed E-state index contributed by atoms with van der Waals surface area (Å²) in [7, 11) is 1.39. The second-order valence-electron chi connectivity index (χ2n) is 10.6. The van der Waals surface area contributed by atoms with Crippen molar-refractivity contribution in [3.8, 4) is 11.5 Å². The summed E-state index contributed by atoms with van der Waals surface area (Å²) >= 11 is 14.5. The number of rotatable bonds is 4. The van der Waals surface area contributed by atoms with E-state index in [2.05, 4.69) is 0 Å². The van der Waals surface area contributed by atoms with Gasteiger partial charge in [0.15, 0.2) is 9.75 Å². The Balaban J connectivity index is 1.61. The third kappa shape index (κ3) is 3.25. The predicted molar refractivity (Wildman–Crippen MR) is 144 cm³/mol. The summed E-state index contributed by atoms with van der Waals surface area (Å²) in [4.78, 5) is 52.9. The van der Waals surface area contributed by atoms with E-state index in [1.54, 1.807) is 25.1 Å². The Morgan fingerprint density at radius 2 is 1.73 bits per heavy atom. The fraction of sp³-hybridized carbons (Fsp3) is 0.379.